The van der Waals surface area contributed by atoms with E-state index in [-0.39, 0.29) is 0 Å². The summed E-state index contributed by atoms with van der Waals surface area (Å²) < 4.78 is 5.94. The lowest BCUT2D eigenvalue weighted by molar-refractivity contribution is -0.645. The molecule has 5 aromatic rings. The van der Waals surface area contributed by atoms with Gasteiger partial charge in [0.1, 0.15) is 17.7 Å². The van der Waals surface area contributed by atoms with Crippen LogP contribution in [-0.4, -0.2) is 14.5 Å². The molecule has 5 heterocycles. The van der Waals surface area contributed by atoms with Gasteiger partial charge in [0.15, 0.2) is 0 Å². The predicted octanol–water partition coefficient (Wildman–Crippen LogP) is 3.95. The lowest BCUT2D eigenvalue weighted by Gasteiger charge is -2.00. The van der Waals surface area contributed by atoms with Gasteiger partial charge in [0.05, 0.1) is 16.0 Å². The van der Waals surface area contributed by atoms with E-state index in [1.54, 1.807) is 11.3 Å². The molecule has 0 saturated carbocycles. The Labute approximate surface area is 147 Å². The highest BCUT2D eigenvalue weighted by atomic mass is 32.1. The van der Waals surface area contributed by atoms with Crippen molar-refractivity contribution in [1.82, 2.24) is 14.5 Å². The van der Waals surface area contributed by atoms with E-state index in [2.05, 4.69) is 61.6 Å². The van der Waals surface area contributed by atoms with Crippen molar-refractivity contribution in [1.29, 1.82) is 0 Å². The first-order valence-electron chi connectivity index (χ1n) is 8.23. The van der Waals surface area contributed by atoms with Gasteiger partial charge in [-0.2, -0.15) is 4.57 Å². The minimum atomic E-state index is 0.796. The van der Waals surface area contributed by atoms with Crippen molar-refractivity contribution in [2.45, 2.75) is 6.54 Å². The molecule has 0 atom stereocenters. The van der Waals surface area contributed by atoms with Gasteiger partial charge in [-0.15, -0.1) is 0 Å². The summed E-state index contributed by atoms with van der Waals surface area (Å²) in [6.45, 7) is 0.796. The monoisotopic (exact) mass is 341 g/mol. The highest BCUT2D eigenvalue weighted by Crippen LogP contribution is 2.39. The molecule has 0 spiro atoms. The Kier molecular flexibility index (Phi) is 2.51. The van der Waals surface area contributed by atoms with Crippen LogP contribution in [-0.2, 0) is 6.54 Å². The highest BCUT2D eigenvalue weighted by Gasteiger charge is 2.37. The lowest BCUT2D eigenvalue weighted by Crippen LogP contribution is -2.31. The largest absolute Gasteiger partial charge is 0.298 e. The second-order valence-corrected chi connectivity index (χ2v) is 7.21. The average molecular weight is 341 g/mol. The molecule has 0 saturated heterocycles. The van der Waals surface area contributed by atoms with Crippen molar-refractivity contribution < 1.29 is 4.57 Å². The quantitative estimate of drug-likeness (QED) is 0.424. The fourth-order valence-electron chi connectivity index (χ4n) is 3.78. The van der Waals surface area contributed by atoms with E-state index in [1.807, 2.05) is 24.5 Å². The van der Waals surface area contributed by atoms with Gasteiger partial charge in [0, 0.05) is 12.4 Å². The summed E-state index contributed by atoms with van der Waals surface area (Å²) >= 11 is 1.80. The lowest BCUT2D eigenvalue weighted by atomic mass is 10.2. The third kappa shape index (κ3) is 1.68. The van der Waals surface area contributed by atoms with E-state index < -0.39 is 0 Å². The van der Waals surface area contributed by atoms with Crippen LogP contribution in [0.25, 0.3) is 37.6 Å². The molecule has 118 valence electrons. The maximum atomic E-state index is 4.67. The van der Waals surface area contributed by atoms with Crippen molar-refractivity contribution in [3.63, 3.8) is 0 Å². The van der Waals surface area contributed by atoms with Crippen LogP contribution in [0.5, 0.6) is 0 Å². The van der Waals surface area contributed by atoms with Gasteiger partial charge >= 0.3 is 0 Å². The molecule has 0 N–H and O–H groups in total. The number of rotatable bonds is 1. The van der Waals surface area contributed by atoms with Crippen LogP contribution in [0.1, 0.15) is 5.69 Å². The second-order valence-electron chi connectivity index (χ2n) is 6.18. The van der Waals surface area contributed by atoms with E-state index in [1.165, 1.54) is 32.1 Å². The summed E-state index contributed by atoms with van der Waals surface area (Å²) in [7, 11) is 0. The Morgan fingerprint density at radius 3 is 2.68 bits per heavy atom. The number of nitrogens with zero attached hydrogens (tertiary/aromatic N) is 4. The first-order valence-corrected chi connectivity index (χ1v) is 9.05. The molecule has 25 heavy (non-hydrogen) atoms. The van der Waals surface area contributed by atoms with Crippen LogP contribution in [0.2, 0.25) is 0 Å². The standard InChI is InChI=1S/C20H13N4S/c1-2-6-13(7-3-1)24-19-14-8-4-10-21-15(14)12-23(19)18-17-16(25-20(18)24)9-5-11-22-17/h1-11H,12H2/q+1. The van der Waals surface area contributed by atoms with Crippen LogP contribution in [0.4, 0.5) is 0 Å². The Balaban J connectivity index is 1.83. The summed E-state index contributed by atoms with van der Waals surface area (Å²) in [5, 5.41) is 0. The zero-order chi connectivity index (χ0) is 16.4. The molecular weight excluding hydrogens is 328 g/mol. The molecule has 4 nitrogen and oxygen atoms in total. The number of fused-ring (bicyclic) bond motifs is 7. The van der Waals surface area contributed by atoms with Crippen LogP contribution in [0.15, 0.2) is 67.0 Å². The molecule has 5 heteroatoms. The van der Waals surface area contributed by atoms with Gasteiger partial charge in [-0.1, -0.05) is 29.5 Å². The summed E-state index contributed by atoms with van der Waals surface area (Å²) in [4.78, 5) is 10.5. The van der Waals surface area contributed by atoms with Gasteiger partial charge < -0.3 is 0 Å². The Bertz CT molecular complexity index is 1270. The first-order chi connectivity index (χ1) is 12.4. The number of hydrogen-bond acceptors (Lipinski definition) is 3. The molecule has 6 rings (SSSR count). The minimum absolute atomic E-state index is 0.796. The average Bonchev–Trinajstić information content (AvgIpc) is 3.29. The summed E-state index contributed by atoms with van der Waals surface area (Å²) in [5.74, 6) is 1.20. The van der Waals surface area contributed by atoms with Crippen LogP contribution in [0, 0.1) is 0 Å². The van der Waals surface area contributed by atoms with Crippen molar-refractivity contribution in [2.24, 2.45) is 0 Å². The van der Waals surface area contributed by atoms with Crippen LogP contribution in [0.3, 0.4) is 0 Å². The zero-order valence-corrected chi connectivity index (χ0v) is 14.1. The third-order valence-corrected chi connectivity index (χ3v) is 5.92. The Morgan fingerprint density at radius 1 is 0.920 bits per heavy atom. The molecular formula is C20H13N4S+. The van der Waals surface area contributed by atoms with Gasteiger partial charge in [-0.05, 0) is 36.4 Å². The molecule has 0 fully saturated rings. The van der Waals surface area contributed by atoms with Gasteiger partial charge in [0.2, 0.25) is 10.3 Å². The molecule has 0 aliphatic carbocycles. The van der Waals surface area contributed by atoms with E-state index in [9.17, 15) is 0 Å². The molecule has 0 bridgehead atoms. The normalized spacial score (nSPS) is 12.6. The fourth-order valence-corrected chi connectivity index (χ4v) is 4.96. The molecule has 1 aliphatic heterocycles. The number of para-hydroxylation sites is 1. The number of pyridine rings is 2. The first kappa shape index (κ1) is 13.3. The molecule has 0 unspecified atom stereocenters. The number of hydrogen-bond donors (Lipinski definition) is 0. The van der Waals surface area contributed by atoms with Crippen LogP contribution < -0.4 is 4.57 Å². The number of benzene rings is 1. The Morgan fingerprint density at radius 2 is 1.76 bits per heavy atom. The van der Waals surface area contributed by atoms with E-state index >= 15 is 0 Å². The van der Waals surface area contributed by atoms with Crippen molar-refractivity contribution in [2.75, 3.05) is 0 Å². The van der Waals surface area contributed by atoms with Crippen molar-refractivity contribution >= 4 is 31.9 Å². The third-order valence-electron chi connectivity index (χ3n) is 4.80. The SMILES string of the molecule is c1ccc(-n2c3[n+](c4c5ncccc5sc42)Cc2ncccc2-3)cc1. The zero-order valence-electron chi connectivity index (χ0n) is 13.3. The molecule has 4 aromatic heterocycles. The van der Waals surface area contributed by atoms with E-state index in [0.29, 0.717) is 0 Å². The summed E-state index contributed by atoms with van der Waals surface area (Å²) in [6, 6.07) is 18.9. The molecule has 1 aromatic carbocycles. The van der Waals surface area contributed by atoms with Gasteiger partial charge in [-0.25, -0.2) is 4.57 Å². The predicted molar refractivity (Wildman–Crippen MR) is 99.0 cm³/mol. The highest BCUT2D eigenvalue weighted by molar-refractivity contribution is 7.25. The number of thiophene rings is 1. The summed E-state index contributed by atoms with van der Waals surface area (Å²) in [5.41, 5.74) is 5.78. The smallest absolute Gasteiger partial charge is 0.256 e. The van der Waals surface area contributed by atoms with Crippen molar-refractivity contribution in [3.05, 3.63) is 72.7 Å². The topological polar surface area (TPSA) is 34.6 Å². The van der Waals surface area contributed by atoms with Crippen molar-refractivity contribution in [3.8, 4) is 17.1 Å². The molecule has 1 aliphatic rings. The Hall–Kier alpha value is -3.05. The van der Waals surface area contributed by atoms with E-state index in [4.69, 9.17) is 0 Å². The minimum Gasteiger partial charge on any atom is -0.256 e. The van der Waals surface area contributed by atoms with Gasteiger partial charge in [0.25, 0.3) is 5.82 Å². The molecule has 0 radical (unpaired) electrons. The van der Waals surface area contributed by atoms with E-state index in [0.717, 1.165) is 17.8 Å². The molecule has 0 amide bonds. The van der Waals surface area contributed by atoms with Crippen LogP contribution >= 0.6 is 11.3 Å². The van der Waals surface area contributed by atoms with Gasteiger partial charge in [-0.3, -0.25) is 9.97 Å². The fraction of sp³-hybridized carbons (Fsp3) is 0.0500. The number of imidazole rings is 1. The number of aromatic nitrogens is 4. The second kappa shape index (κ2) is 4.74. The summed E-state index contributed by atoms with van der Waals surface area (Å²) in [6.07, 6.45) is 3.75. The maximum absolute atomic E-state index is 4.67. The maximum Gasteiger partial charge on any atom is 0.298 e.